The van der Waals surface area contributed by atoms with Crippen LogP contribution in [0.25, 0.3) is 0 Å². The Morgan fingerprint density at radius 2 is 2.14 bits per heavy atom. The Hall–Kier alpha value is -1.26. The highest BCUT2D eigenvalue weighted by Crippen LogP contribution is 2.30. The number of methoxy groups -OCH3 is 1. The number of aliphatic hydroxyl groups excluding tert-OH is 1. The molecule has 0 saturated carbocycles. The third-order valence-electron chi connectivity index (χ3n) is 2.14. The molecule has 0 aliphatic carbocycles. The number of nitrogens with two attached hydrogens (primary N) is 1. The number of hydrogen-bond acceptors (Lipinski definition) is 4. The number of aryl methyl sites for hydroxylation is 1. The van der Waals surface area contributed by atoms with Crippen LogP contribution < -0.4 is 10.5 Å². The fourth-order valence-electron chi connectivity index (χ4n) is 1.30. The normalized spacial score (nSPS) is 12.6. The van der Waals surface area contributed by atoms with Crippen molar-refractivity contribution in [2.24, 2.45) is 5.73 Å². The van der Waals surface area contributed by atoms with Crippen LogP contribution >= 0.6 is 0 Å². The molecular weight excluding hydrogens is 182 g/mol. The van der Waals surface area contributed by atoms with Crippen molar-refractivity contribution in [3.63, 3.8) is 0 Å². The van der Waals surface area contributed by atoms with E-state index in [4.69, 9.17) is 15.6 Å². The van der Waals surface area contributed by atoms with E-state index >= 15 is 0 Å². The molecule has 0 bridgehead atoms. The Bertz CT molecular complexity index is 325. The number of ether oxygens (including phenoxy) is 1. The van der Waals surface area contributed by atoms with Crippen molar-refractivity contribution in [1.82, 2.24) is 0 Å². The third-order valence-corrected chi connectivity index (χ3v) is 2.14. The van der Waals surface area contributed by atoms with Gasteiger partial charge in [-0.15, -0.1) is 0 Å². The summed E-state index contributed by atoms with van der Waals surface area (Å²) in [5, 5.41) is 18.4. The Morgan fingerprint density at radius 1 is 1.50 bits per heavy atom. The molecule has 0 unspecified atom stereocenters. The molecule has 1 rings (SSSR count). The Labute approximate surface area is 82.9 Å². The van der Waals surface area contributed by atoms with Gasteiger partial charge in [0.05, 0.1) is 19.8 Å². The standard InChI is InChI=1S/C10H15NO3/c1-6-3-9(13)7(8(11)5-12)4-10(6)14-2/h3-4,8,12-13H,5,11H2,1-2H3/t8-/m1/s1. The molecule has 0 aliphatic heterocycles. The van der Waals surface area contributed by atoms with Gasteiger partial charge < -0.3 is 20.7 Å². The molecule has 0 radical (unpaired) electrons. The van der Waals surface area contributed by atoms with Crippen LogP contribution in [0.2, 0.25) is 0 Å². The van der Waals surface area contributed by atoms with Crippen molar-refractivity contribution in [3.8, 4) is 11.5 Å². The maximum atomic E-state index is 9.57. The van der Waals surface area contributed by atoms with E-state index in [1.54, 1.807) is 19.2 Å². The summed E-state index contributed by atoms with van der Waals surface area (Å²) in [6, 6.07) is 2.64. The largest absolute Gasteiger partial charge is 0.508 e. The van der Waals surface area contributed by atoms with E-state index < -0.39 is 6.04 Å². The predicted octanol–water partition coefficient (Wildman–Crippen LogP) is 0.701. The molecule has 0 aliphatic rings. The zero-order valence-electron chi connectivity index (χ0n) is 8.32. The highest BCUT2D eigenvalue weighted by atomic mass is 16.5. The highest BCUT2D eigenvalue weighted by Gasteiger charge is 2.12. The summed E-state index contributed by atoms with van der Waals surface area (Å²) in [5.41, 5.74) is 6.93. The topological polar surface area (TPSA) is 75.7 Å². The molecule has 1 aromatic rings. The van der Waals surface area contributed by atoms with Gasteiger partial charge in [-0.1, -0.05) is 0 Å². The van der Waals surface area contributed by atoms with Crippen LogP contribution in [-0.2, 0) is 0 Å². The van der Waals surface area contributed by atoms with Crippen LogP contribution in [-0.4, -0.2) is 23.9 Å². The Morgan fingerprint density at radius 3 is 2.64 bits per heavy atom. The van der Waals surface area contributed by atoms with Crippen molar-refractivity contribution in [1.29, 1.82) is 0 Å². The van der Waals surface area contributed by atoms with Crippen molar-refractivity contribution in [2.75, 3.05) is 13.7 Å². The van der Waals surface area contributed by atoms with Crippen molar-refractivity contribution < 1.29 is 14.9 Å². The first-order valence-corrected chi connectivity index (χ1v) is 4.34. The fraction of sp³-hybridized carbons (Fsp3) is 0.400. The number of hydrogen-bond donors (Lipinski definition) is 3. The van der Waals surface area contributed by atoms with Crippen LogP contribution in [0.1, 0.15) is 17.2 Å². The highest BCUT2D eigenvalue weighted by molar-refractivity contribution is 5.46. The second-order valence-electron chi connectivity index (χ2n) is 3.17. The van der Waals surface area contributed by atoms with Crippen molar-refractivity contribution >= 4 is 0 Å². The lowest BCUT2D eigenvalue weighted by Crippen LogP contribution is -2.14. The van der Waals surface area contributed by atoms with Crippen LogP contribution in [0.5, 0.6) is 11.5 Å². The summed E-state index contributed by atoms with van der Waals surface area (Å²) < 4.78 is 5.09. The summed E-state index contributed by atoms with van der Waals surface area (Å²) in [7, 11) is 1.55. The summed E-state index contributed by atoms with van der Waals surface area (Å²) in [6.45, 7) is 1.62. The quantitative estimate of drug-likeness (QED) is 0.666. The molecule has 1 atom stereocenters. The van der Waals surface area contributed by atoms with E-state index in [2.05, 4.69) is 0 Å². The van der Waals surface area contributed by atoms with Gasteiger partial charge in [-0.25, -0.2) is 0 Å². The zero-order chi connectivity index (χ0) is 10.7. The number of rotatable bonds is 3. The molecule has 0 saturated heterocycles. The average molecular weight is 197 g/mol. The second kappa shape index (κ2) is 4.30. The summed E-state index contributed by atoms with van der Waals surface area (Å²) in [6.07, 6.45) is 0. The maximum absolute atomic E-state index is 9.57. The molecule has 14 heavy (non-hydrogen) atoms. The number of phenolic OH excluding ortho intramolecular Hbond substituents is 1. The maximum Gasteiger partial charge on any atom is 0.122 e. The van der Waals surface area contributed by atoms with E-state index in [0.29, 0.717) is 11.3 Å². The molecular formula is C10H15NO3. The van der Waals surface area contributed by atoms with Gasteiger partial charge in [0.15, 0.2) is 0 Å². The molecule has 4 heteroatoms. The van der Waals surface area contributed by atoms with Gasteiger partial charge in [0.2, 0.25) is 0 Å². The third kappa shape index (κ3) is 1.97. The van der Waals surface area contributed by atoms with Gasteiger partial charge in [-0.05, 0) is 24.6 Å². The first-order chi connectivity index (χ1) is 6.60. The van der Waals surface area contributed by atoms with Crippen molar-refractivity contribution in [2.45, 2.75) is 13.0 Å². The number of aromatic hydroxyl groups is 1. The van der Waals surface area contributed by atoms with Gasteiger partial charge in [0.1, 0.15) is 11.5 Å². The summed E-state index contributed by atoms with van der Waals surface area (Å²) in [5.74, 6) is 0.742. The summed E-state index contributed by atoms with van der Waals surface area (Å²) in [4.78, 5) is 0. The fourth-order valence-corrected chi connectivity index (χ4v) is 1.30. The van der Waals surface area contributed by atoms with Gasteiger partial charge >= 0.3 is 0 Å². The first kappa shape index (κ1) is 10.8. The Balaban J connectivity index is 3.17. The van der Waals surface area contributed by atoms with Crippen LogP contribution in [0.3, 0.4) is 0 Å². The number of phenols is 1. The molecule has 4 nitrogen and oxygen atoms in total. The second-order valence-corrected chi connectivity index (χ2v) is 3.17. The molecule has 0 spiro atoms. The van der Waals surface area contributed by atoms with Gasteiger partial charge in [-0.3, -0.25) is 0 Å². The minimum absolute atomic E-state index is 0.0878. The van der Waals surface area contributed by atoms with E-state index in [-0.39, 0.29) is 12.4 Å². The van der Waals surface area contributed by atoms with Gasteiger partial charge in [-0.2, -0.15) is 0 Å². The van der Waals surface area contributed by atoms with E-state index in [1.165, 1.54) is 0 Å². The minimum Gasteiger partial charge on any atom is -0.508 e. The smallest absolute Gasteiger partial charge is 0.122 e. The molecule has 1 aromatic carbocycles. The van der Waals surface area contributed by atoms with E-state index in [1.807, 2.05) is 6.92 Å². The Kier molecular flexibility index (Phi) is 3.33. The number of aliphatic hydroxyl groups is 1. The lowest BCUT2D eigenvalue weighted by molar-refractivity contribution is 0.265. The molecule has 0 fully saturated rings. The SMILES string of the molecule is COc1cc([C@H](N)CO)c(O)cc1C. The molecule has 0 aromatic heterocycles. The molecule has 0 amide bonds. The molecule has 4 N–H and O–H groups in total. The van der Waals surface area contributed by atoms with Crippen LogP contribution in [0, 0.1) is 6.92 Å². The van der Waals surface area contributed by atoms with Crippen LogP contribution in [0.15, 0.2) is 12.1 Å². The van der Waals surface area contributed by atoms with Crippen LogP contribution in [0.4, 0.5) is 0 Å². The first-order valence-electron chi connectivity index (χ1n) is 4.34. The lowest BCUT2D eigenvalue weighted by Gasteiger charge is -2.13. The predicted molar refractivity (Wildman–Crippen MR) is 53.4 cm³/mol. The molecule has 0 heterocycles. The lowest BCUT2D eigenvalue weighted by atomic mass is 10.0. The van der Waals surface area contributed by atoms with Gasteiger partial charge in [0.25, 0.3) is 0 Å². The monoisotopic (exact) mass is 197 g/mol. The summed E-state index contributed by atoms with van der Waals surface area (Å²) >= 11 is 0. The average Bonchev–Trinajstić information content (AvgIpc) is 2.17. The molecule has 78 valence electrons. The van der Waals surface area contributed by atoms with E-state index in [9.17, 15) is 5.11 Å². The number of benzene rings is 1. The zero-order valence-corrected chi connectivity index (χ0v) is 8.32. The van der Waals surface area contributed by atoms with Gasteiger partial charge in [0, 0.05) is 5.56 Å². The van der Waals surface area contributed by atoms with E-state index in [0.717, 1.165) is 5.56 Å². The minimum atomic E-state index is -0.579. The van der Waals surface area contributed by atoms with Crippen molar-refractivity contribution in [3.05, 3.63) is 23.3 Å².